The fourth-order valence-corrected chi connectivity index (χ4v) is 4.08. The normalized spacial score (nSPS) is 26.6. The third kappa shape index (κ3) is 3.08. The van der Waals surface area contributed by atoms with Gasteiger partial charge >= 0.3 is 0 Å². The third-order valence-electron chi connectivity index (χ3n) is 5.21. The van der Waals surface area contributed by atoms with Gasteiger partial charge in [0.15, 0.2) is 0 Å². The van der Waals surface area contributed by atoms with Crippen LogP contribution in [-0.2, 0) is 6.54 Å². The Labute approximate surface area is 136 Å². The molecule has 2 bridgehead atoms. The molecule has 4 heteroatoms. The second-order valence-corrected chi connectivity index (χ2v) is 6.59. The van der Waals surface area contributed by atoms with Crippen LogP contribution in [0.3, 0.4) is 0 Å². The molecule has 23 heavy (non-hydrogen) atoms. The van der Waals surface area contributed by atoms with Gasteiger partial charge in [-0.25, -0.2) is 4.39 Å². The minimum absolute atomic E-state index is 0.226. The Kier molecular flexibility index (Phi) is 4.00. The lowest BCUT2D eigenvalue weighted by Gasteiger charge is -2.35. The molecule has 1 aromatic heterocycles. The molecule has 0 spiro atoms. The predicted molar refractivity (Wildman–Crippen MR) is 86.6 cm³/mol. The van der Waals surface area contributed by atoms with Crippen molar-refractivity contribution in [1.29, 1.82) is 0 Å². The Morgan fingerprint density at radius 1 is 1.17 bits per heavy atom. The summed E-state index contributed by atoms with van der Waals surface area (Å²) in [5, 5.41) is 0. The standard InChI is InChI=1S/C19H21FN2O/c20-16-4-7-18(8-5-16)23-13-19-15-3-6-17(10-15)22(19)12-14-2-1-9-21-11-14/h1-2,4-5,7-9,11,15,17,19H,3,6,10,12-13H2/t15-,17+,19-/m0/s1. The quantitative estimate of drug-likeness (QED) is 0.842. The van der Waals surface area contributed by atoms with E-state index in [0.29, 0.717) is 18.7 Å². The molecule has 0 unspecified atom stereocenters. The van der Waals surface area contributed by atoms with Crippen molar-refractivity contribution in [2.24, 2.45) is 5.92 Å². The van der Waals surface area contributed by atoms with Crippen LogP contribution in [-0.4, -0.2) is 28.6 Å². The van der Waals surface area contributed by atoms with Crippen LogP contribution in [0.2, 0.25) is 0 Å². The Balaban J connectivity index is 1.44. The summed E-state index contributed by atoms with van der Waals surface area (Å²) in [6.07, 6.45) is 7.62. The Bertz CT molecular complexity index is 646. The molecule has 1 saturated carbocycles. The third-order valence-corrected chi connectivity index (χ3v) is 5.21. The summed E-state index contributed by atoms with van der Waals surface area (Å²) in [6, 6.07) is 11.5. The van der Waals surface area contributed by atoms with Crippen LogP contribution >= 0.6 is 0 Å². The lowest BCUT2D eigenvalue weighted by atomic mass is 9.99. The van der Waals surface area contributed by atoms with Gasteiger partial charge in [-0.1, -0.05) is 6.07 Å². The van der Waals surface area contributed by atoms with Crippen LogP contribution in [0.5, 0.6) is 5.75 Å². The fourth-order valence-electron chi connectivity index (χ4n) is 4.08. The minimum Gasteiger partial charge on any atom is -0.492 e. The highest BCUT2D eigenvalue weighted by molar-refractivity contribution is 5.22. The summed E-state index contributed by atoms with van der Waals surface area (Å²) in [6.45, 7) is 1.61. The number of ether oxygens (including phenoxy) is 1. The first-order chi connectivity index (χ1) is 11.3. The van der Waals surface area contributed by atoms with Gasteiger partial charge in [0.25, 0.3) is 0 Å². The molecule has 2 fully saturated rings. The van der Waals surface area contributed by atoms with Gasteiger partial charge in [-0.05, 0) is 61.1 Å². The zero-order valence-electron chi connectivity index (χ0n) is 13.1. The lowest BCUT2D eigenvalue weighted by Crippen LogP contribution is -2.43. The van der Waals surface area contributed by atoms with E-state index in [9.17, 15) is 4.39 Å². The average Bonchev–Trinajstić information content (AvgIpc) is 3.17. The molecule has 1 aromatic carbocycles. The number of benzene rings is 1. The average molecular weight is 312 g/mol. The van der Waals surface area contributed by atoms with E-state index in [4.69, 9.17) is 4.74 Å². The SMILES string of the molecule is Fc1ccc(OC[C@H]2[C@H]3CC[C@H](C3)N2Cc2cccnc2)cc1. The fraction of sp³-hybridized carbons (Fsp3) is 0.421. The van der Waals surface area contributed by atoms with Crippen LogP contribution in [0.15, 0.2) is 48.8 Å². The van der Waals surface area contributed by atoms with E-state index in [1.807, 2.05) is 18.5 Å². The van der Waals surface area contributed by atoms with Gasteiger partial charge in [0.2, 0.25) is 0 Å². The van der Waals surface area contributed by atoms with Crippen molar-refractivity contribution in [3.63, 3.8) is 0 Å². The molecule has 2 aliphatic rings. The number of fused-ring (bicyclic) bond motifs is 2. The molecular weight excluding hydrogens is 291 g/mol. The molecule has 2 heterocycles. The molecule has 2 aromatic rings. The number of pyridine rings is 1. The molecule has 1 saturated heterocycles. The van der Waals surface area contributed by atoms with Crippen LogP contribution in [0.25, 0.3) is 0 Å². The second kappa shape index (κ2) is 6.28. The highest BCUT2D eigenvalue weighted by Crippen LogP contribution is 2.43. The first kappa shape index (κ1) is 14.6. The molecule has 0 radical (unpaired) electrons. The van der Waals surface area contributed by atoms with Crippen LogP contribution in [0.1, 0.15) is 24.8 Å². The smallest absolute Gasteiger partial charge is 0.123 e. The van der Waals surface area contributed by atoms with E-state index in [0.717, 1.165) is 18.2 Å². The summed E-state index contributed by atoms with van der Waals surface area (Å²) in [5.74, 6) is 1.24. The van der Waals surface area contributed by atoms with E-state index in [-0.39, 0.29) is 5.82 Å². The topological polar surface area (TPSA) is 25.4 Å². The van der Waals surface area contributed by atoms with Gasteiger partial charge in [0, 0.05) is 31.0 Å². The first-order valence-electron chi connectivity index (χ1n) is 8.32. The monoisotopic (exact) mass is 312 g/mol. The minimum atomic E-state index is -0.226. The van der Waals surface area contributed by atoms with Gasteiger partial charge in [-0.15, -0.1) is 0 Å². The van der Waals surface area contributed by atoms with Crippen LogP contribution in [0.4, 0.5) is 4.39 Å². The van der Waals surface area contributed by atoms with Crippen molar-refractivity contribution in [2.45, 2.75) is 37.9 Å². The highest BCUT2D eigenvalue weighted by atomic mass is 19.1. The van der Waals surface area contributed by atoms with Crippen molar-refractivity contribution in [2.75, 3.05) is 6.61 Å². The number of hydrogen-bond acceptors (Lipinski definition) is 3. The lowest BCUT2D eigenvalue weighted by molar-refractivity contribution is 0.0866. The Hall–Kier alpha value is -1.94. The van der Waals surface area contributed by atoms with E-state index < -0.39 is 0 Å². The van der Waals surface area contributed by atoms with E-state index in [1.165, 1.54) is 37.0 Å². The number of rotatable bonds is 5. The summed E-state index contributed by atoms with van der Waals surface area (Å²) < 4.78 is 18.9. The van der Waals surface area contributed by atoms with Crippen molar-refractivity contribution < 1.29 is 9.13 Å². The number of likely N-dealkylation sites (tertiary alicyclic amines) is 1. The van der Waals surface area contributed by atoms with Crippen molar-refractivity contribution in [3.8, 4) is 5.75 Å². The predicted octanol–water partition coefficient (Wildman–Crippen LogP) is 3.65. The van der Waals surface area contributed by atoms with Crippen LogP contribution in [0, 0.1) is 11.7 Å². The summed E-state index contributed by atoms with van der Waals surface area (Å²) >= 11 is 0. The van der Waals surface area contributed by atoms with Crippen molar-refractivity contribution in [3.05, 3.63) is 60.2 Å². The van der Waals surface area contributed by atoms with E-state index in [2.05, 4.69) is 16.0 Å². The zero-order valence-corrected chi connectivity index (χ0v) is 13.1. The molecule has 0 N–H and O–H groups in total. The zero-order chi connectivity index (χ0) is 15.6. The van der Waals surface area contributed by atoms with Gasteiger partial charge in [-0.2, -0.15) is 0 Å². The van der Waals surface area contributed by atoms with Gasteiger partial charge < -0.3 is 4.74 Å². The maximum atomic E-state index is 13.0. The molecule has 1 aliphatic carbocycles. The number of halogens is 1. The summed E-state index contributed by atoms with van der Waals surface area (Å²) in [7, 11) is 0. The van der Waals surface area contributed by atoms with Crippen LogP contribution < -0.4 is 4.74 Å². The largest absolute Gasteiger partial charge is 0.492 e. The second-order valence-electron chi connectivity index (χ2n) is 6.59. The molecule has 0 amide bonds. The maximum absolute atomic E-state index is 13.0. The van der Waals surface area contributed by atoms with Gasteiger partial charge in [0.05, 0.1) is 0 Å². The number of piperidine rings is 1. The van der Waals surface area contributed by atoms with Crippen molar-refractivity contribution in [1.82, 2.24) is 9.88 Å². The van der Waals surface area contributed by atoms with E-state index >= 15 is 0 Å². The maximum Gasteiger partial charge on any atom is 0.123 e. The van der Waals surface area contributed by atoms with Crippen molar-refractivity contribution >= 4 is 0 Å². The van der Waals surface area contributed by atoms with Gasteiger partial charge in [-0.3, -0.25) is 9.88 Å². The number of nitrogens with zero attached hydrogens (tertiary/aromatic N) is 2. The summed E-state index contributed by atoms with van der Waals surface area (Å²) in [5.41, 5.74) is 1.26. The molecular formula is C19H21FN2O. The molecule has 1 aliphatic heterocycles. The summed E-state index contributed by atoms with van der Waals surface area (Å²) in [4.78, 5) is 6.80. The molecule has 4 rings (SSSR count). The van der Waals surface area contributed by atoms with Gasteiger partial charge in [0.1, 0.15) is 18.2 Å². The number of aromatic nitrogens is 1. The molecule has 3 nitrogen and oxygen atoms in total. The van der Waals surface area contributed by atoms with E-state index in [1.54, 1.807) is 12.1 Å². The first-order valence-corrected chi connectivity index (χ1v) is 8.32. The Morgan fingerprint density at radius 3 is 2.83 bits per heavy atom. The molecule has 120 valence electrons. The number of hydrogen-bond donors (Lipinski definition) is 0. The molecule has 3 atom stereocenters. The Morgan fingerprint density at radius 2 is 2.04 bits per heavy atom. The highest BCUT2D eigenvalue weighted by Gasteiger charge is 2.45.